The van der Waals surface area contributed by atoms with Crippen molar-refractivity contribution in [2.45, 2.75) is 26.4 Å². The van der Waals surface area contributed by atoms with Crippen molar-refractivity contribution in [2.24, 2.45) is 0 Å². The molecule has 0 spiro atoms. The van der Waals surface area contributed by atoms with Gasteiger partial charge >= 0.3 is 5.97 Å². The topological polar surface area (TPSA) is 55.8 Å². The third-order valence-corrected chi connectivity index (χ3v) is 2.31. The zero-order chi connectivity index (χ0) is 12.1. The van der Waals surface area contributed by atoms with Gasteiger partial charge in [-0.2, -0.15) is 0 Å². The lowest BCUT2D eigenvalue weighted by atomic mass is 10.2. The molecule has 0 fully saturated rings. The van der Waals surface area contributed by atoms with Crippen LogP contribution in [0.2, 0.25) is 0 Å². The molecule has 0 saturated heterocycles. The first-order chi connectivity index (χ1) is 7.58. The lowest BCUT2D eigenvalue weighted by Gasteiger charge is -2.15. The Kier molecular flexibility index (Phi) is 4.17. The van der Waals surface area contributed by atoms with Crippen LogP contribution in [0.3, 0.4) is 0 Å². The van der Waals surface area contributed by atoms with E-state index in [9.17, 15) is 4.79 Å². The molecule has 4 nitrogen and oxygen atoms in total. The summed E-state index contributed by atoms with van der Waals surface area (Å²) in [6.07, 6.45) is 0.952. The quantitative estimate of drug-likeness (QED) is 0.835. The third-order valence-electron chi connectivity index (χ3n) is 2.31. The molecule has 88 valence electrons. The Morgan fingerprint density at radius 3 is 2.62 bits per heavy atom. The smallest absolute Gasteiger partial charge is 0.335 e. The van der Waals surface area contributed by atoms with Gasteiger partial charge in [0.25, 0.3) is 0 Å². The zero-order valence-corrected chi connectivity index (χ0v) is 9.69. The maximum atomic E-state index is 10.8. The summed E-state index contributed by atoms with van der Waals surface area (Å²) in [6.45, 7) is 3.97. The second kappa shape index (κ2) is 5.39. The van der Waals surface area contributed by atoms with Gasteiger partial charge in [0.15, 0.2) is 11.5 Å². The standard InChI is InChI=1S/C12H16O4/c1-4-8(2)16-10-6-5-9(12(13)14)7-11(10)15-3/h5-8H,4H2,1-3H3,(H,13,14). The highest BCUT2D eigenvalue weighted by Crippen LogP contribution is 2.29. The second-order valence-corrected chi connectivity index (χ2v) is 3.51. The van der Waals surface area contributed by atoms with E-state index in [2.05, 4.69) is 0 Å². The summed E-state index contributed by atoms with van der Waals surface area (Å²) >= 11 is 0. The average Bonchev–Trinajstić information content (AvgIpc) is 2.29. The van der Waals surface area contributed by atoms with Gasteiger partial charge in [0.1, 0.15) is 0 Å². The van der Waals surface area contributed by atoms with Crippen LogP contribution in [0.1, 0.15) is 30.6 Å². The van der Waals surface area contributed by atoms with Gasteiger partial charge in [0.2, 0.25) is 0 Å². The molecule has 0 heterocycles. The molecule has 0 aliphatic carbocycles. The maximum absolute atomic E-state index is 10.8. The highest BCUT2D eigenvalue weighted by molar-refractivity contribution is 5.88. The largest absolute Gasteiger partial charge is 0.493 e. The zero-order valence-electron chi connectivity index (χ0n) is 9.69. The summed E-state index contributed by atoms with van der Waals surface area (Å²) in [7, 11) is 1.49. The second-order valence-electron chi connectivity index (χ2n) is 3.51. The number of carboxylic acids is 1. The summed E-state index contributed by atoms with van der Waals surface area (Å²) in [6, 6.07) is 4.58. The van der Waals surface area contributed by atoms with Crippen LogP contribution in [0.25, 0.3) is 0 Å². The number of ether oxygens (including phenoxy) is 2. The Labute approximate surface area is 94.8 Å². The summed E-state index contributed by atoms with van der Waals surface area (Å²) in [5.41, 5.74) is 0.188. The molecule has 0 bridgehead atoms. The van der Waals surface area contributed by atoms with Gasteiger partial charge in [-0.15, -0.1) is 0 Å². The SMILES string of the molecule is CCC(C)Oc1ccc(C(=O)O)cc1OC. The van der Waals surface area contributed by atoms with Gasteiger partial charge in [0, 0.05) is 0 Å². The van der Waals surface area contributed by atoms with Gasteiger partial charge in [-0.3, -0.25) is 0 Å². The van der Waals surface area contributed by atoms with Crippen molar-refractivity contribution in [3.05, 3.63) is 23.8 Å². The molecule has 16 heavy (non-hydrogen) atoms. The number of methoxy groups -OCH3 is 1. The van der Waals surface area contributed by atoms with E-state index in [0.29, 0.717) is 11.5 Å². The van der Waals surface area contributed by atoms with Gasteiger partial charge < -0.3 is 14.6 Å². The van der Waals surface area contributed by atoms with Gasteiger partial charge in [0.05, 0.1) is 18.8 Å². The Morgan fingerprint density at radius 1 is 1.44 bits per heavy atom. The molecule has 0 amide bonds. The summed E-state index contributed by atoms with van der Waals surface area (Å²) < 4.78 is 10.7. The van der Waals surface area contributed by atoms with Crippen LogP contribution >= 0.6 is 0 Å². The van der Waals surface area contributed by atoms with E-state index in [1.807, 2.05) is 13.8 Å². The minimum Gasteiger partial charge on any atom is -0.493 e. The molecule has 1 unspecified atom stereocenters. The predicted octanol–water partition coefficient (Wildman–Crippen LogP) is 2.57. The molecule has 1 N–H and O–H groups in total. The Bertz CT molecular complexity index is 373. The minimum absolute atomic E-state index is 0.0737. The molecule has 0 saturated carbocycles. The maximum Gasteiger partial charge on any atom is 0.335 e. The molecule has 1 aromatic rings. The van der Waals surface area contributed by atoms with E-state index >= 15 is 0 Å². The Morgan fingerprint density at radius 2 is 2.12 bits per heavy atom. The van der Waals surface area contributed by atoms with Crippen LogP contribution in [0.15, 0.2) is 18.2 Å². The van der Waals surface area contributed by atoms with Crippen molar-refractivity contribution in [1.29, 1.82) is 0 Å². The van der Waals surface area contributed by atoms with E-state index in [1.54, 1.807) is 6.07 Å². The molecular formula is C12H16O4. The molecule has 0 aliphatic heterocycles. The van der Waals surface area contributed by atoms with E-state index in [0.717, 1.165) is 6.42 Å². The molecule has 1 rings (SSSR count). The first-order valence-electron chi connectivity index (χ1n) is 5.16. The number of benzene rings is 1. The average molecular weight is 224 g/mol. The number of aromatic carboxylic acids is 1. The fraction of sp³-hybridized carbons (Fsp3) is 0.417. The molecular weight excluding hydrogens is 208 g/mol. The highest BCUT2D eigenvalue weighted by atomic mass is 16.5. The van der Waals surface area contributed by atoms with Crippen molar-refractivity contribution in [3.8, 4) is 11.5 Å². The normalized spacial score (nSPS) is 11.9. The summed E-state index contributed by atoms with van der Waals surface area (Å²) in [5, 5.41) is 8.83. The molecule has 0 aliphatic rings. The van der Waals surface area contributed by atoms with Crippen LogP contribution in [0, 0.1) is 0 Å². The van der Waals surface area contributed by atoms with Crippen molar-refractivity contribution in [1.82, 2.24) is 0 Å². The molecule has 0 aromatic heterocycles. The minimum atomic E-state index is -0.978. The first kappa shape index (κ1) is 12.4. The lowest BCUT2D eigenvalue weighted by molar-refractivity contribution is 0.0696. The van der Waals surface area contributed by atoms with Crippen LogP contribution in [0.5, 0.6) is 11.5 Å². The molecule has 4 heteroatoms. The van der Waals surface area contributed by atoms with Gasteiger partial charge in [-0.05, 0) is 31.5 Å². The van der Waals surface area contributed by atoms with Crippen LogP contribution < -0.4 is 9.47 Å². The number of carboxylic acid groups (broad SMARTS) is 1. The Balaban J connectivity index is 2.97. The fourth-order valence-corrected chi connectivity index (χ4v) is 1.20. The Hall–Kier alpha value is -1.71. The van der Waals surface area contributed by atoms with Crippen LogP contribution in [-0.4, -0.2) is 24.3 Å². The van der Waals surface area contributed by atoms with Crippen molar-refractivity contribution in [3.63, 3.8) is 0 Å². The van der Waals surface area contributed by atoms with E-state index < -0.39 is 5.97 Å². The predicted molar refractivity (Wildman–Crippen MR) is 60.3 cm³/mol. The van der Waals surface area contributed by atoms with Crippen molar-refractivity contribution < 1.29 is 19.4 Å². The molecule has 1 aromatic carbocycles. The van der Waals surface area contributed by atoms with Gasteiger partial charge in [-0.1, -0.05) is 6.92 Å². The van der Waals surface area contributed by atoms with Gasteiger partial charge in [-0.25, -0.2) is 4.79 Å². The molecule has 1 atom stereocenters. The number of carbonyl (C=O) groups is 1. The molecule has 0 radical (unpaired) electrons. The third kappa shape index (κ3) is 2.89. The lowest BCUT2D eigenvalue weighted by Crippen LogP contribution is -2.10. The van der Waals surface area contributed by atoms with Crippen molar-refractivity contribution >= 4 is 5.97 Å². The fourth-order valence-electron chi connectivity index (χ4n) is 1.20. The number of hydrogen-bond acceptors (Lipinski definition) is 3. The first-order valence-corrected chi connectivity index (χ1v) is 5.16. The van der Waals surface area contributed by atoms with E-state index in [4.69, 9.17) is 14.6 Å². The summed E-state index contributed by atoms with van der Waals surface area (Å²) in [5.74, 6) is 0.0374. The summed E-state index contributed by atoms with van der Waals surface area (Å²) in [4.78, 5) is 10.8. The number of hydrogen-bond donors (Lipinski definition) is 1. The van der Waals surface area contributed by atoms with E-state index in [1.165, 1.54) is 19.2 Å². The number of rotatable bonds is 5. The monoisotopic (exact) mass is 224 g/mol. The highest BCUT2D eigenvalue weighted by Gasteiger charge is 2.11. The van der Waals surface area contributed by atoms with Crippen LogP contribution in [0.4, 0.5) is 0 Å². The van der Waals surface area contributed by atoms with Crippen molar-refractivity contribution in [2.75, 3.05) is 7.11 Å². The van der Waals surface area contributed by atoms with Crippen LogP contribution in [-0.2, 0) is 0 Å². The van der Waals surface area contributed by atoms with E-state index in [-0.39, 0.29) is 11.7 Å².